The van der Waals surface area contributed by atoms with Crippen molar-refractivity contribution in [2.24, 2.45) is 0 Å². The maximum Gasteiger partial charge on any atom is 0.261 e. The van der Waals surface area contributed by atoms with Crippen molar-refractivity contribution in [1.82, 2.24) is 9.38 Å². The average Bonchev–Trinajstić information content (AvgIpc) is 3.17. The number of benzene rings is 2. The Morgan fingerprint density at radius 1 is 1.04 bits per heavy atom. The van der Waals surface area contributed by atoms with Gasteiger partial charge in [0.1, 0.15) is 0 Å². The number of hydrogen-bond acceptors (Lipinski definition) is 4. The number of rotatable bonds is 4. The van der Waals surface area contributed by atoms with Crippen LogP contribution in [0, 0.1) is 3.57 Å². The van der Waals surface area contributed by atoms with Crippen molar-refractivity contribution in [1.29, 1.82) is 0 Å². The fourth-order valence-electron chi connectivity index (χ4n) is 2.40. The zero-order valence-corrected chi connectivity index (χ0v) is 16.5. The topological polar surface area (TPSA) is 63.5 Å². The molecule has 8 heteroatoms. The summed E-state index contributed by atoms with van der Waals surface area (Å²) < 4.78 is 30.4. The van der Waals surface area contributed by atoms with E-state index in [2.05, 4.69) is 32.3 Å². The third-order valence-electron chi connectivity index (χ3n) is 3.65. The number of fused-ring (bicyclic) bond motifs is 1. The van der Waals surface area contributed by atoms with Crippen LogP contribution in [0.1, 0.15) is 0 Å². The molecule has 0 amide bonds. The molecule has 0 spiro atoms. The minimum absolute atomic E-state index is 0.242. The van der Waals surface area contributed by atoms with Crippen LogP contribution < -0.4 is 4.72 Å². The summed E-state index contributed by atoms with van der Waals surface area (Å²) in [4.78, 5) is 5.72. The number of imidazole rings is 1. The van der Waals surface area contributed by atoms with Crippen molar-refractivity contribution in [2.45, 2.75) is 4.90 Å². The summed E-state index contributed by atoms with van der Waals surface area (Å²) in [6.45, 7) is 0. The van der Waals surface area contributed by atoms with Crippen molar-refractivity contribution >= 4 is 54.6 Å². The van der Waals surface area contributed by atoms with Gasteiger partial charge in [-0.3, -0.25) is 9.12 Å². The van der Waals surface area contributed by atoms with Crippen molar-refractivity contribution < 1.29 is 8.42 Å². The smallest absolute Gasteiger partial charge is 0.261 e. The van der Waals surface area contributed by atoms with Crippen LogP contribution in [0.2, 0.25) is 0 Å². The minimum atomic E-state index is -3.59. The third kappa shape index (κ3) is 3.42. The van der Waals surface area contributed by atoms with E-state index >= 15 is 0 Å². The lowest BCUT2D eigenvalue weighted by atomic mass is 10.1. The first kappa shape index (κ1) is 16.6. The van der Waals surface area contributed by atoms with Gasteiger partial charge in [-0.2, -0.15) is 0 Å². The summed E-state index contributed by atoms with van der Waals surface area (Å²) >= 11 is 3.71. The Labute approximate surface area is 162 Å². The van der Waals surface area contributed by atoms with E-state index in [0.29, 0.717) is 5.69 Å². The molecule has 2 aromatic heterocycles. The van der Waals surface area contributed by atoms with E-state index in [0.717, 1.165) is 19.8 Å². The molecular weight excluding hydrogens is 469 g/mol. The van der Waals surface area contributed by atoms with Crippen LogP contribution in [0.4, 0.5) is 5.69 Å². The Kier molecular flexibility index (Phi) is 4.26. The molecule has 25 heavy (non-hydrogen) atoms. The highest BCUT2D eigenvalue weighted by Crippen LogP contribution is 2.24. The fourth-order valence-corrected chi connectivity index (χ4v) is 4.52. The molecule has 0 aliphatic carbocycles. The van der Waals surface area contributed by atoms with Crippen LogP contribution in [0.5, 0.6) is 0 Å². The van der Waals surface area contributed by atoms with Gasteiger partial charge in [-0.05, 0) is 59.0 Å². The first-order valence-corrected chi connectivity index (χ1v) is 10.8. The predicted octanol–water partition coefficient (Wildman–Crippen LogP) is 4.47. The summed E-state index contributed by atoms with van der Waals surface area (Å²) in [7, 11) is -3.59. The van der Waals surface area contributed by atoms with Gasteiger partial charge in [0, 0.05) is 32.6 Å². The number of anilines is 1. The van der Waals surface area contributed by atoms with Crippen LogP contribution in [-0.4, -0.2) is 17.8 Å². The summed E-state index contributed by atoms with van der Waals surface area (Å²) in [5.74, 6) is 0. The van der Waals surface area contributed by atoms with E-state index in [1.54, 1.807) is 47.7 Å². The number of hydrogen-bond donors (Lipinski definition) is 1. The third-order valence-corrected chi connectivity index (χ3v) is 6.54. The highest BCUT2D eigenvalue weighted by molar-refractivity contribution is 14.1. The molecule has 4 aromatic rings. The summed E-state index contributed by atoms with van der Waals surface area (Å²) in [5, 5.41) is 1.98. The quantitative estimate of drug-likeness (QED) is 0.438. The highest BCUT2D eigenvalue weighted by atomic mass is 127. The van der Waals surface area contributed by atoms with Gasteiger partial charge >= 0.3 is 0 Å². The molecule has 2 heterocycles. The molecule has 5 nitrogen and oxygen atoms in total. The Bertz CT molecular complexity index is 1100. The van der Waals surface area contributed by atoms with Crippen LogP contribution in [0.25, 0.3) is 16.2 Å². The predicted molar refractivity (Wildman–Crippen MR) is 108 cm³/mol. The maximum atomic E-state index is 12.4. The number of halogens is 1. The van der Waals surface area contributed by atoms with E-state index < -0.39 is 10.0 Å². The lowest BCUT2D eigenvalue weighted by Gasteiger charge is -2.08. The highest BCUT2D eigenvalue weighted by Gasteiger charge is 2.14. The Morgan fingerprint density at radius 2 is 1.76 bits per heavy atom. The normalized spacial score (nSPS) is 11.7. The molecule has 0 saturated carbocycles. The zero-order chi connectivity index (χ0) is 17.4. The average molecular weight is 481 g/mol. The van der Waals surface area contributed by atoms with Crippen LogP contribution >= 0.6 is 33.9 Å². The molecule has 0 aliphatic heterocycles. The molecule has 126 valence electrons. The molecule has 2 aromatic carbocycles. The van der Waals surface area contributed by atoms with Crippen LogP contribution in [-0.2, 0) is 10.0 Å². The molecule has 4 rings (SSSR count). The van der Waals surface area contributed by atoms with E-state index in [-0.39, 0.29) is 4.90 Å². The van der Waals surface area contributed by atoms with Gasteiger partial charge < -0.3 is 0 Å². The molecule has 0 saturated heterocycles. The standard InChI is InChI=1S/C17H12IN3O2S2/c18-13-3-7-15(8-4-13)25(22,23)20-14-5-1-12(2-6-14)16-11-21-9-10-24-17(21)19-16/h1-11,20H. The zero-order valence-electron chi connectivity index (χ0n) is 12.8. The van der Waals surface area contributed by atoms with Gasteiger partial charge in [0.05, 0.1) is 10.6 Å². The monoisotopic (exact) mass is 481 g/mol. The van der Waals surface area contributed by atoms with Gasteiger partial charge in [0.15, 0.2) is 4.96 Å². The summed E-state index contributed by atoms with van der Waals surface area (Å²) in [6, 6.07) is 13.9. The van der Waals surface area contributed by atoms with Crippen molar-refractivity contribution in [3.63, 3.8) is 0 Å². The largest absolute Gasteiger partial charge is 0.297 e. The molecule has 0 bridgehead atoms. The fraction of sp³-hybridized carbons (Fsp3) is 0. The second-order valence-electron chi connectivity index (χ2n) is 5.36. The van der Waals surface area contributed by atoms with Gasteiger partial charge in [-0.15, -0.1) is 11.3 Å². The Balaban J connectivity index is 1.57. The number of thiazole rings is 1. The van der Waals surface area contributed by atoms with Gasteiger partial charge in [0.25, 0.3) is 10.0 Å². The number of sulfonamides is 1. The van der Waals surface area contributed by atoms with Crippen molar-refractivity contribution in [3.8, 4) is 11.3 Å². The molecular formula is C17H12IN3O2S2. The molecule has 0 fully saturated rings. The molecule has 0 unspecified atom stereocenters. The van der Waals surface area contributed by atoms with Crippen molar-refractivity contribution in [3.05, 3.63) is 69.9 Å². The molecule has 0 aliphatic rings. The maximum absolute atomic E-state index is 12.4. The van der Waals surface area contributed by atoms with Crippen LogP contribution in [0.15, 0.2) is 71.2 Å². The van der Waals surface area contributed by atoms with Crippen LogP contribution in [0.3, 0.4) is 0 Å². The second kappa shape index (κ2) is 6.43. The van der Waals surface area contributed by atoms with Gasteiger partial charge in [-0.1, -0.05) is 12.1 Å². The molecule has 0 radical (unpaired) electrons. The van der Waals surface area contributed by atoms with Gasteiger partial charge in [-0.25, -0.2) is 13.4 Å². The van der Waals surface area contributed by atoms with E-state index in [9.17, 15) is 8.42 Å². The number of nitrogens with one attached hydrogen (secondary N) is 1. The van der Waals surface area contributed by atoms with Gasteiger partial charge in [0.2, 0.25) is 0 Å². The number of nitrogens with zero attached hydrogens (tertiary/aromatic N) is 2. The van der Waals surface area contributed by atoms with E-state index in [1.165, 1.54) is 0 Å². The minimum Gasteiger partial charge on any atom is -0.297 e. The summed E-state index contributed by atoms with van der Waals surface area (Å²) in [6.07, 6.45) is 3.91. The second-order valence-corrected chi connectivity index (χ2v) is 9.16. The lowest BCUT2D eigenvalue weighted by Crippen LogP contribution is -2.12. The first-order valence-electron chi connectivity index (χ1n) is 7.32. The molecule has 0 atom stereocenters. The lowest BCUT2D eigenvalue weighted by molar-refractivity contribution is 0.601. The molecule has 1 N–H and O–H groups in total. The van der Waals surface area contributed by atoms with Crippen molar-refractivity contribution in [2.75, 3.05) is 4.72 Å². The Hall–Kier alpha value is -1.91. The SMILES string of the molecule is O=S(=O)(Nc1ccc(-c2cn3ccsc3n2)cc1)c1ccc(I)cc1. The Morgan fingerprint density at radius 3 is 2.44 bits per heavy atom. The number of aromatic nitrogens is 2. The first-order chi connectivity index (χ1) is 12.0. The van der Waals surface area contributed by atoms with E-state index in [4.69, 9.17) is 0 Å². The summed E-state index contributed by atoms with van der Waals surface area (Å²) in [5.41, 5.74) is 2.32. The van der Waals surface area contributed by atoms with E-state index in [1.807, 2.05) is 34.3 Å².